The van der Waals surface area contributed by atoms with Gasteiger partial charge >= 0.3 is 0 Å². The van der Waals surface area contributed by atoms with Crippen LogP contribution >= 0.6 is 11.6 Å². The van der Waals surface area contributed by atoms with E-state index in [0.717, 1.165) is 47.3 Å². The Bertz CT molecular complexity index is 990. The summed E-state index contributed by atoms with van der Waals surface area (Å²) in [6, 6.07) is 13.6. The van der Waals surface area contributed by atoms with E-state index in [-0.39, 0.29) is 11.8 Å². The maximum atomic E-state index is 12.9. The summed E-state index contributed by atoms with van der Waals surface area (Å²) in [5.74, 6) is 1.83. The summed E-state index contributed by atoms with van der Waals surface area (Å²) in [6.07, 6.45) is 6.19. The van der Waals surface area contributed by atoms with Crippen molar-refractivity contribution >= 4 is 17.5 Å². The van der Waals surface area contributed by atoms with Gasteiger partial charge in [-0.05, 0) is 49.7 Å². The van der Waals surface area contributed by atoms with Gasteiger partial charge in [0.15, 0.2) is 5.89 Å². The van der Waals surface area contributed by atoms with Crippen LogP contribution in [0.25, 0.3) is 0 Å². The predicted octanol–water partition coefficient (Wildman–Crippen LogP) is 4.15. The standard InChI is InChI=1S/C24H27ClN4O2/c1-28(16-21-6-2-3-11-26-21)17-23(30)29-12-4-5-19(15-29)24-27-14-22(31-24)13-18-7-9-20(25)10-8-18/h2-3,6-11,14,19H,4-5,12-13,15-17H2,1H3/t19-/m0/s1. The summed E-state index contributed by atoms with van der Waals surface area (Å²) >= 11 is 5.96. The van der Waals surface area contributed by atoms with Gasteiger partial charge in [0.2, 0.25) is 5.91 Å². The zero-order chi connectivity index (χ0) is 21.6. The minimum absolute atomic E-state index is 0.135. The number of likely N-dealkylation sites (tertiary alicyclic amines) is 1. The summed E-state index contributed by atoms with van der Waals surface area (Å²) in [6.45, 7) is 2.45. The van der Waals surface area contributed by atoms with E-state index in [1.807, 2.05) is 59.3 Å². The third kappa shape index (κ3) is 5.93. The van der Waals surface area contributed by atoms with Gasteiger partial charge in [0.1, 0.15) is 5.76 Å². The van der Waals surface area contributed by atoms with Crippen LogP contribution in [0.1, 0.15) is 41.7 Å². The van der Waals surface area contributed by atoms with Gasteiger partial charge in [0.25, 0.3) is 0 Å². The van der Waals surface area contributed by atoms with Crippen LogP contribution in [-0.4, -0.2) is 52.4 Å². The van der Waals surface area contributed by atoms with Crippen LogP contribution in [0.3, 0.4) is 0 Å². The molecule has 162 valence electrons. The summed E-state index contributed by atoms with van der Waals surface area (Å²) in [7, 11) is 1.95. The fourth-order valence-corrected chi connectivity index (χ4v) is 4.08. The van der Waals surface area contributed by atoms with E-state index in [2.05, 4.69) is 9.97 Å². The quantitative estimate of drug-likeness (QED) is 0.554. The first-order valence-corrected chi connectivity index (χ1v) is 11.0. The molecule has 1 aromatic carbocycles. The summed E-state index contributed by atoms with van der Waals surface area (Å²) < 4.78 is 6.04. The van der Waals surface area contributed by atoms with Crippen LogP contribution in [0.2, 0.25) is 5.02 Å². The number of hydrogen-bond donors (Lipinski definition) is 0. The molecule has 31 heavy (non-hydrogen) atoms. The van der Waals surface area contributed by atoms with E-state index >= 15 is 0 Å². The number of carbonyl (C=O) groups excluding carboxylic acids is 1. The Morgan fingerprint density at radius 2 is 2.06 bits per heavy atom. The highest BCUT2D eigenvalue weighted by atomic mass is 35.5. The van der Waals surface area contributed by atoms with Gasteiger partial charge in [-0.15, -0.1) is 0 Å². The number of rotatable bonds is 7. The van der Waals surface area contributed by atoms with Gasteiger partial charge in [-0.1, -0.05) is 29.8 Å². The SMILES string of the molecule is CN(CC(=O)N1CCC[C@H](c2ncc(Cc3ccc(Cl)cc3)o2)C1)Cc1ccccn1. The van der Waals surface area contributed by atoms with Gasteiger partial charge in [0, 0.05) is 37.3 Å². The second kappa shape index (κ2) is 10.1. The Morgan fingerprint density at radius 3 is 2.84 bits per heavy atom. The van der Waals surface area contributed by atoms with E-state index < -0.39 is 0 Å². The van der Waals surface area contributed by atoms with Gasteiger partial charge in [-0.25, -0.2) is 4.98 Å². The molecule has 1 fully saturated rings. The molecule has 1 amide bonds. The number of carbonyl (C=O) groups is 1. The number of halogens is 1. The van der Waals surface area contributed by atoms with E-state index in [1.54, 1.807) is 12.4 Å². The number of amides is 1. The topological polar surface area (TPSA) is 62.5 Å². The average molecular weight is 439 g/mol. The summed E-state index contributed by atoms with van der Waals surface area (Å²) in [4.78, 5) is 25.6. The molecule has 0 N–H and O–H groups in total. The van der Waals surface area contributed by atoms with Gasteiger partial charge < -0.3 is 9.32 Å². The first kappa shape index (κ1) is 21.5. The number of likely N-dealkylation sites (N-methyl/N-ethyl adjacent to an activating group) is 1. The maximum Gasteiger partial charge on any atom is 0.236 e. The Labute approximate surface area is 187 Å². The lowest BCUT2D eigenvalue weighted by atomic mass is 9.98. The van der Waals surface area contributed by atoms with Crippen molar-refractivity contribution in [1.29, 1.82) is 0 Å². The van der Waals surface area contributed by atoms with Crippen molar-refractivity contribution in [2.45, 2.75) is 31.7 Å². The smallest absolute Gasteiger partial charge is 0.236 e. The third-order valence-corrected chi connectivity index (χ3v) is 5.80. The molecule has 1 saturated heterocycles. The zero-order valence-corrected chi connectivity index (χ0v) is 18.5. The average Bonchev–Trinajstić information content (AvgIpc) is 3.24. The fraction of sp³-hybridized carbons (Fsp3) is 0.375. The van der Waals surface area contributed by atoms with Crippen molar-refractivity contribution in [1.82, 2.24) is 19.8 Å². The molecule has 1 aliphatic rings. The lowest BCUT2D eigenvalue weighted by Crippen LogP contribution is -2.43. The first-order valence-electron chi connectivity index (χ1n) is 10.6. The summed E-state index contributed by atoms with van der Waals surface area (Å²) in [5, 5.41) is 0.722. The lowest BCUT2D eigenvalue weighted by molar-refractivity contribution is -0.133. The van der Waals surface area contributed by atoms with Crippen LogP contribution in [0.15, 0.2) is 59.3 Å². The number of nitrogens with zero attached hydrogens (tertiary/aromatic N) is 4. The second-order valence-electron chi connectivity index (χ2n) is 8.14. The summed E-state index contributed by atoms with van der Waals surface area (Å²) in [5.41, 5.74) is 2.09. The zero-order valence-electron chi connectivity index (χ0n) is 17.7. The lowest BCUT2D eigenvalue weighted by Gasteiger charge is -2.32. The molecule has 0 spiro atoms. The molecule has 0 bridgehead atoms. The molecule has 0 radical (unpaired) electrons. The van der Waals surface area contributed by atoms with Crippen molar-refractivity contribution in [3.8, 4) is 0 Å². The highest BCUT2D eigenvalue weighted by Gasteiger charge is 2.28. The van der Waals surface area contributed by atoms with Crippen molar-refractivity contribution in [2.75, 3.05) is 26.7 Å². The minimum atomic E-state index is 0.135. The van der Waals surface area contributed by atoms with Crippen LogP contribution in [-0.2, 0) is 17.8 Å². The molecule has 1 atom stereocenters. The van der Waals surface area contributed by atoms with Crippen LogP contribution in [0.4, 0.5) is 0 Å². The number of aromatic nitrogens is 2. The number of benzene rings is 1. The molecule has 1 aliphatic heterocycles. The van der Waals surface area contributed by atoms with Gasteiger partial charge in [-0.2, -0.15) is 0 Å². The van der Waals surface area contributed by atoms with Gasteiger partial charge in [0.05, 0.1) is 24.4 Å². The van der Waals surface area contributed by atoms with E-state index in [9.17, 15) is 4.79 Å². The fourth-order valence-electron chi connectivity index (χ4n) is 3.96. The maximum absolute atomic E-state index is 12.9. The number of pyridine rings is 1. The highest BCUT2D eigenvalue weighted by Crippen LogP contribution is 2.27. The molecule has 2 aromatic heterocycles. The largest absolute Gasteiger partial charge is 0.445 e. The molecular weight excluding hydrogens is 412 g/mol. The van der Waals surface area contributed by atoms with Crippen molar-refractivity contribution < 1.29 is 9.21 Å². The Kier molecular flexibility index (Phi) is 6.99. The monoisotopic (exact) mass is 438 g/mol. The number of hydrogen-bond acceptors (Lipinski definition) is 5. The van der Waals surface area contributed by atoms with Crippen LogP contribution in [0.5, 0.6) is 0 Å². The molecule has 4 rings (SSSR count). The molecule has 3 aromatic rings. The molecule has 7 heteroatoms. The molecule has 0 saturated carbocycles. The van der Waals surface area contributed by atoms with E-state index in [4.69, 9.17) is 16.0 Å². The van der Waals surface area contributed by atoms with Crippen LogP contribution < -0.4 is 0 Å². The molecule has 0 aliphatic carbocycles. The highest BCUT2D eigenvalue weighted by molar-refractivity contribution is 6.30. The second-order valence-corrected chi connectivity index (χ2v) is 8.58. The third-order valence-electron chi connectivity index (χ3n) is 5.55. The molecule has 3 heterocycles. The Hall–Kier alpha value is -2.70. The minimum Gasteiger partial charge on any atom is -0.445 e. The number of piperidine rings is 1. The molecular formula is C24H27ClN4O2. The Morgan fingerprint density at radius 1 is 1.23 bits per heavy atom. The van der Waals surface area contributed by atoms with Crippen molar-refractivity contribution in [3.05, 3.63) is 82.8 Å². The number of oxazole rings is 1. The van der Waals surface area contributed by atoms with E-state index in [1.165, 1.54) is 0 Å². The van der Waals surface area contributed by atoms with Crippen molar-refractivity contribution in [3.63, 3.8) is 0 Å². The first-order chi connectivity index (χ1) is 15.1. The normalized spacial score (nSPS) is 16.6. The Balaban J connectivity index is 1.32. The van der Waals surface area contributed by atoms with Crippen molar-refractivity contribution in [2.24, 2.45) is 0 Å². The predicted molar refractivity (Wildman–Crippen MR) is 120 cm³/mol. The van der Waals surface area contributed by atoms with Crippen LogP contribution in [0, 0.1) is 0 Å². The van der Waals surface area contributed by atoms with Gasteiger partial charge in [-0.3, -0.25) is 14.7 Å². The van der Waals surface area contributed by atoms with E-state index in [0.29, 0.717) is 26.1 Å². The molecule has 6 nitrogen and oxygen atoms in total. The molecule has 0 unspecified atom stereocenters.